The van der Waals surface area contributed by atoms with E-state index < -0.39 is 0 Å². The Morgan fingerprint density at radius 1 is 1.21 bits per heavy atom. The predicted molar refractivity (Wildman–Crippen MR) is 76.0 cm³/mol. The van der Waals surface area contributed by atoms with Gasteiger partial charge in [-0.3, -0.25) is 4.79 Å². The molecular weight excluding hydrogens is 267 g/mol. The number of hydrogen-bond donors (Lipinski definition) is 2. The number of carbonyl (C=O) groups is 1. The Hall–Kier alpha value is -1.13. The molecule has 1 aromatic carbocycles. The summed E-state index contributed by atoms with van der Waals surface area (Å²) in [7, 11) is 0. The molecule has 19 heavy (non-hydrogen) atoms. The molecular formula is C14H20ClFN2O. The first-order valence-corrected chi connectivity index (χ1v) is 6.48. The fourth-order valence-corrected chi connectivity index (χ4v) is 1.76. The highest BCUT2D eigenvalue weighted by atomic mass is 35.5. The van der Waals surface area contributed by atoms with Crippen LogP contribution >= 0.6 is 12.4 Å². The summed E-state index contributed by atoms with van der Waals surface area (Å²) in [4.78, 5) is 11.5. The molecule has 1 fully saturated rings. The van der Waals surface area contributed by atoms with Crippen LogP contribution in [0.25, 0.3) is 0 Å². The molecule has 0 bridgehead atoms. The van der Waals surface area contributed by atoms with Crippen molar-refractivity contribution in [2.45, 2.75) is 31.7 Å². The maximum atomic E-state index is 12.7. The second kappa shape index (κ2) is 8.12. The molecule has 2 rings (SSSR count). The van der Waals surface area contributed by atoms with E-state index in [-0.39, 0.29) is 24.1 Å². The van der Waals surface area contributed by atoms with Crippen molar-refractivity contribution in [2.75, 3.05) is 13.1 Å². The monoisotopic (exact) mass is 286 g/mol. The van der Waals surface area contributed by atoms with Gasteiger partial charge in [-0.15, -0.1) is 12.4 Å². The number of rotatable bonds is 7. The molecule has 3 nitrogen and oxygen atoms in total. The fourth-order valence-electron chi connectivity index (χ4n) is 1.76. The van der Waals surface area contributed by atoms with Gasteiger partial charge in [-0.05, 0) is 37.0 Å². The molecule has 1 amide bonds. The molecule has 1 aliphatic carbocycles. The minimum Gasteiger partial charge on any atom is -0.355 e. The van der Waals surface area contributed by atoms with Crippen LogP contribution < -0.4 is 10.6 Å². The first-order valence-electron chi connectivity index (χ1n) is 6.48. The van der Waals surface area contributed by atoms with Gasteiger partial charge in [-0.25, -0.2) is 4.39 Å². The number of nitrogens with one attached hydrogen (secondary N) is 2. The quantitative estimate of drug-likeness (QED) is 0.753. The summed E-state index contributed by atoms with van der Waals surface area (Å²) in [5.41, 5.74) is 0.989. The lowest BCUT2D eigenvalue weighted by atomic mass is 10.1. The van der Waals surface area contributed by atoms with Crippen LogP contribution in [0.1, 0.15) is 24.8 Å². The summed E-state index contributed by atoms with van der Waals surface area (Å²) in [6.07, 6.45) is 3.63. The van der Waals surface area contributed by atoms with Gasteiger partial charge in [0.15, 0.2) is 0 Å². The van der Waals surface area contributed by atoms with Crippen molar-refractivity contribution in [1.82, 2.24) is 10.6 Å². The summed E-state index contributed by atoms with van der Waals surface area (Å²) in [5.74, 6) is -0.189. The zero-order valence-electron chi connectivity index (χ0n) is 10.8. The van der Waals surface area contributed by atoms with Gasteiger partial charge in [0.25, 0.3) is 0 Å². The highest BCUT2D eigenvalue weighted by Crippen LogP contribution is 2.17. The number of hydrogen-bond acceptors (Lipinski definition) is 2. The smallest absolute Gasteiger partial charge is 0.220 e. The Morgan fingerprint density at radius 2 is 1.89 bits per heavy atom. The summed E-state index contributed by atoms with van der Waals surface area (Å²) >= 11 is 0. The van der Waals surface area contributed by atoms with Gasteiger partial charge >= 0.3 is 0 Å². The van der Waals surface area contributed by atoms with Crippen molar-refractivity contribution in [3.05, 3.63) is 35.6 Å². The molecule has 0 unspecified atom stereocenters. The fraction of sp³-hybridized carbons (Fsp3) is 0.500. The van der Waals surface area contributed by atoms with Crippen LogP contribution in [0.5, 0.6) is 0 Å². The van der Waals surface area contributed by atoms with Crippen molar-refractivity contribution >= 4 is 18.3 Å². The topological polar surface area (TPSA) is 41.1 Å². The highest BCUT2D eigenvalue weighted by molar-refractivity contribution is 5.85. The maximum absolute atomic E-state index is 12.7. The summed E-state index contributed by atoms with van der Waals surface area (Å²) in [6.45, 7) is 1.52. The Bertz CT molecular complexity index is 393. The number of halogens is 2. The van der Waals surface area contributed by atoms with E-state index in [0.717, 1.165) is 12.1 Å². The Balaban J connectivity index is 0.00000180. The number of carbonyl (C=O) groups excluding carboxylic acids is 1. The van der Waals surface area contributed by atoms with E-state index in [9.17, 15) is 9.18 Å². The van der Waals surface area contributed by atoms with Gasteiger partial charge in [-0.1, -0.05) is 12.1 Å². The van der Waals surface area contributed by atoms with E-state index in [2.05, 4.69) is 10.6 Å². The van der Waals surface area contributed by atoms with Gasteiger partial charge in [0.1, 0.15) is 5.82 Å². The molecule has 0 spiro atoms. The van der Waals surface area contributed by atoms with Crippen molar-refractivity contribution < 1.29 is 9.18 Å². The van der Waals surface area contributed by atoms with Crippen LogP contribution in [0.15, 0.2) is 24.3 Å². The van der Waals surface area contributed by atoms with Crippen LogP contribution in [-0.2, 0) is 11.2 Å². The maximum Gasteiger partial charge on any atom is 0.220 e. The molecule has 1 saturated carbocycles. The van der Waals surface area contributed by atoms with Crippen molar-refractivity contribution in [3.63, 3.8) is 0 Å². The van der Waals surface area contributed by atoms with Crippen LogP contribution in [0, 0.1) is 5.82 Å². The van der Waals surface area contributed by atoms with Crippen LogP contribution in [0.3, 0.4) is 0 Å². The second-order valence-electron chi connectivity index (χ2n) is 4.70. The molecule has 1 aromatic rings. The molecule has 2 N–H and O–H groups in total. The van der Waals surface area contributed by atoms with Crippen molar-refractivity contribution in [1.29, 1.82) is 0 Å². The lowest BCUT2D eigenvalue weighted by Crippen LogP contribution is -2.32. The molecule has 106 valence electrons. The van der Waals surface area contributed by atoms with E-state index in [1.54, 1.807) is 12.1 Å². The van der Waals surface area contributed by atoms with Gasteiger partial charge in [0, 0.05) is 25.6 Å². The largest absolute Gasteiger partial charge is 0.355 e. The molecule has 0 radical (unpaired) electrons. The molecule has 1 aliphatic rings. The Labute approximate surface area is 119 Å². The van der Waals surface area contributed by atoms with Gasteiger partial charge in [0.2, 0.25) is 5.91 Å². The summed E-state index contributed by atoms with van der Waals surface area (Å²) in [6, 6.07) is 6.97. The third kappa shape index (κ3) is 6.55. The normalized spacial score (nSPS) is 13.7. The predicted octanol–water partition coefficient (Wildman–Crippen LogP) is 2.05. The third-order valence-corrected chi connectivity index (χ3v) is 3.01. The van der Waals surface area contributed by atoms with E-state index in [4.69, 9.17) is 0 Å². The molecule has 5 heteroatoms. The van der Waals surface area contributed by atoms with Crippen molar-refractivity contribution in [2.24, 2.45) is 0 Å². The third-order valence-electron chi connectivity index (χ3n) is 3.01. The lowest BCUT2D eigenvalue weighted by molar-refractivity contribution is -0.121. The van der Waals surface area contributed by atoms with E-state index >= 15 is 0 Å². The van der Waals surface area contributed by atoms with Crippen molar-refractivity contribution in [3.8, 4) is 0 Å². The van der Waals surface area contributed by atoms with Gasteiger partial charge < -0.3 is 10.6 Å². The minimum absolute atomic E-state index is 0. The number of amides is 1. The van der Waals surface area contributed by atoms with Gasteiger partial charge in [0.05, 0.1) is 0 Å². The molecule has 0 saturated heterocycles. The Kier molecular flexibility index (Phi) is 6.81. The van der Waals surface area contributed by atoms with Gasteiger partial charge in [-0.2, -0.15) is 0 Å². The first kappa shape index (κ1) is 15.9. The first-order chi connectivity index (χ1) is 8.74. The summed E-state index contributed by atoms with van der Waals surface area (Å²) in [5, 5.41) is 6.21. The van der Waals surface area contributed by atoms with E-state index in [1.807, 2.05) is 0 Å². The molecule has 0 atom stereocenters. The number of benzene rings is 1. The van der Waals surface area contributed by atoms with E-state index in [0.29, 0.717) is 25.4 Å². The summed E-state index contributed by atoms with van der Waals surface area (Å²) < 4.78 is 12.7. The zero-order chi connectivity index (χ0) is 12.8. The molecule has 0 aromatic heterocycles. The van der Waals surface area contributed by atoms with Crippen LogP contribution in [0.2, 0.25) is 0 Å². The van der Waals surface area contributed by atoms with Crippen LogP contribution in [0.4, 0.5) is 4.39 Å². The number of aryl methyl sites for hydroxylation is 1. The lowest BCUT2D eigenvalue weighted by Gasteiger charge is -2.06. The Morgan fingerprint density at radius 3 is 2.53 bits per heavy atom. The SMILES string of the molecule is Cl.O=C(CCc1ccc(F)cc1)NCCNC1CC1. The van der Waals surface area contributed by atoms with Crippen LogP contribution in [-0.4, -0.2) is 25.0 Å². The second-order valence-corrected chi connectivity index (χ2v) is 4.70. The average Bonchev–Trinajstić information content (AvgIpc) is 3.18. The standard InChI is InChI=1S/C14H19FN2O.ClH/c15-12-4-1-11(2-5-12)3-8-14(18)17-10-9-16-13-6-7-13;/h1-2,4-5,13,16H,3,6-10H2,(H,17,18);1H. The minimum atomic E-state index is -0.241. The zero-order valence-corrected chi connectivity index (χ0v) is 11.6. The highest BCUT2D eigenvalue weighted by Gasteiger charge is 2.19. The molecule has 0 heterocycles. The van der Waals surface area contributed by atoms with E-state index in [1.165, 1.54) is 25.0 Å². The molecule has 0 aliphatic heterocycles. The average molecular weight is 287 g/mol.